The topological polar surface area (TPSA) is 66.5 Å². The van der Waals surface area contributed by atoms with Crippen LogP contribution in [0.5, 0.6) is 0 Å². The van der Waals surface area contributed by atoms with E-state index < -0.39 is 15.8 Å². The normalized spacial score (nSPS) is 13.1. The van der Waals surface area contributed by atoms with E-state index in [1.807, 2.05) is 17.5 Å². The summed E-state index contributed by atoms with van der Waals surface area (Å²) in [4.78, 5) is 13.5. The molecule has 0 radical (unpaired) electrons. The first kappa shape index (κ1) is 22.5. The molecule has 1 aromatic heterocycles. The van der Waals surface area contributed by atoms with Crippen molar-refractivity contribution < 1.29 is 17.6 Å². The van der Waals surface area contributed by atoms with Crippen LogP contribution in [0.25, 0.3) is 0 Å². The van der Waals surface area contributed by atoms with Gasteiger partial charge in [-0.3, -0.25) is 4.79 Å². The minimum Gasteiger partial charge on any atom is -0.348 e. The molecule has 28 heavy (non-hydrogen) atoms. The molecule has 5 nitrogen and oxygen atoms in total. The zero-order valence-electron chi connectivity index (χ0n) is 16.4. The van der Waals surface area contributed by atoms with Crippen molar-refractivity contribution in [3.05, 3.63) is 52.5 Å². The Bertz CT molecular complexity index is 850. The Morgan fingerprint density at radius 3 is 2.46 bits per heavy atom. The highest BCUT2D eigenvalue weighted by atomic mass is 32.2. The van der Waals surface area contributed by atoms with E-state index in [4.69, 9.17) is 0 Å². The molecule has 0 saturated heterocycles. The molecule has 0 aliphatic carbocycles. The highest BCUT2D eigenvalue weighted by molar-refractivity contribution is 7.89. The lowest BCUT2D eigenvalue weighted by atomic mass is 10.0. The van der Waals surface area contributed by atoms with Gasteiger partial charge in [-0.1, -0.05) is 19.9 Å². The van der Waals surface area contributed by atoms with E-state index in [1.165, 1.54) is 23.5 Å². The standard InChI is InChI=1S/C20H27FN2O3S2/c1-15(2)14-18(19-6-5-13-27-19)22-20(24)7-4-12-23(3)28(25,26)17-10-8-16(21)9-11-17/h5-6,8-11,13,15,18H,4,7,12,14H2,1-3H3,(H,22,24). The molecule has 1 aromatic carbocycles. The van der Waals surface area contributed by atoms with Crippen LogP contribution in [0.1, 0.15) is 44.0 Å². The van der Waals surface area contributed by atoms with Gasteiger partial charge in [0.1, 0.15) is 5.82 Å². The molecular formula is C20H27FN2O3S2. The number of amides is 1. The largest absolute Gasteiger partial charge is 0.348 e. The van der Waals surface area contributed by atoms with Gasteiger partial charge >= 0.3 is 0 Å². The molecule has 2 rings (SSSR count). The summed E-state index contributed by atoms with van der Waals surface area (Å²) in [6.45, 7) is 4.44. The molecule has 0 bridgehead atoms. The number of rotatable bonds is 10. The van der Waals surface area contributed by atoms with E-state index in [9.17, 15) is 17.6 Å². The highest BCUT2D eigenvalue weighted by Gasteiger charge is 2.21. The first-order chi connectivity index (χ1) is 13.2. The first-order valence-electron chi connectivity index (χ1n) is 9.25. The second kappa shape index (κ2) is 10.1. The molecule has 2 aromatic rings. The maximum Gasteiger partial charge on any atom is 0.242 e. The van der Waals surface area contributed by atoms with Crippen LogP contribution in [0.3, 0.4) is 0 Å². The van der Waals surface area contributed by atoms with Crippen molar-refractivity contribution in [3.63, 3.8) is 0 Å². The van der Waals surface area contributed by atoms with E-state index in [-0.39, 0.29) is 29.8 Å². The van der Waals surface area contributed by atoms with Gasteiger partial charge in [-0.05, 0) is 54.5 Å². The summed E-state index contributed by atoms with van der Waals surface area (Å²) in [5.74, 6) is -0.133. The number of hydrogen-bond donors (Lipinski definition) is 1. The quantitative estimate of drug-likeness (QED) is 0.619. The zero-order chi connectivity index (χ0) is 20.7. The third kappa shape index (κ3) is 6.39. The van der Waals surface area contributed by atoms with Crippen molar-refractivity contribution in [2.24, 2.45) is 5.92 Å². The minimum absolute atomic E-state index is 0.0202. The zero-order valence-corrected chi connectivity index (χ0v) is 18.0. The van der Waals surface area contributed by atoms with Gasteiger partial charge in [0.05, 0.1) is 10.9 Å². The smallest absolute Gasteiger partial charge is 0.242 e. The van der Waals surface area contributed by atoms with Crippen molar-refractivity contribution in [2.45, 2.75) is 44.0 Å². The molecule has 154 valence electrons. The Morgan fingerprint density at radius 2 is 1.89 bits per heavy atom. The van der Waals surface area contributed by atoms with E-state index >= 15 is 0 Å². The lowest BCUT2D eigenvalue weighted by Gasteiger charge is -2.20. The Hall–Kier alpha value is -1.77. The van der Waals surface area contributed by atoms with Gasteiger partial charge in [-0.15, -0.1) is 11.3 Å². The maximum atomic E-state index is 13.0. The number of thiophene rings is 1. The molecule has 1 unspecified atom stereocenters. The van der Waals surface area contributed by atoms with E-state index in [0.717, 1.165) is 23.4 Å². The monoisotopic (exact) mass is 426 g/mol. The molecule has 0 aliphatic rings. The van der Waals surface area contributed by atoms with Crippen LogP contribution in [-0.2, 0) is 14.8 Å². The summed E-state index contributed by atoms with van der Waals surface area (Å²) in [7, 11) is -2.23. The summed E-state index contributed by atoms with van der Waals surface area (Å²) in [6, 6.07) is 8.68. The Labute approximate surface area is 170 Å². The van der Waals surface area contributed by atoms with Crippen molar-refractivity contribution in [1.82, 2.24) is 9.62 Å². The first-order valence-corrected chi connectivity index (χ1v) is 11.6. The average Bonchev–Trinajstić information content (AvgIpc) is 3.15. The highest BCUT2D eigenvalue weighted by Crippen LogP contribution is 2.25. The van der Waals surface area contributed by atoms with E-state index in [1.54, 1.807) is 11.3 Å². The predicted molar refractivity (Wildman–Crippen MR) is 110 cm³/mol. The Balaban J connectivity index is 1.87. The number of hydrogen-bond acceptors (Lipinski definition) is 4. The van der Waals surface area contributed by atoms with Crippen LogP contribution in [0.2, 0.25) is 0 Å². The molecule has 1 heterocycles. The number of nitrogens with zero attached hydrogens (tertiary/aromatic N) is 1. The van der Waals surface area contributed by atoms with Crippen LogP contribution < -0.4 is 5.32 Å². The maximum absolute atomic E-state index is 13.0. The van der Waals surface area contributed by atoms with Crippen LogP contribution in [0.4, 0.5) is 4.39 Å². The number of halogens is 1. The summed E-state index contributed by atoms with van der Waals surface area (Å²) in [6.07, 6.45) is 1.50. The van der Waals surface area contributed by atoms with Gasteiger partial charge in [0.2, 0.25) is 15.9 Å². The number of sulfonamides is 1. The summed E-state index contributed by atoms with van der Waals surface area (Å²) < 4.78 is 39.1. The molecule has 1 atom stereocenters. The Morgan fingerprint density at radius 1 is 1.21 bits per heavy atom. The van der Waals surface area contributed by atoms with Crippen LogP contribution in [0.15, 0.2) is 46.7 Å². The van der Waals surface area contributed by atoms with Gasteiger partial charge in [0.25, 0.3) is 0 Å². The number of carbonyl (C=O) groups is 1. The molecule has 1 N–H and O–H groups in total. The minimum atomic E-state index is -3.69. The fourth-order valence-corrected chi connectivity index (χ4v) is 4.84. The summed E-state index contributed by atoms with van der Waals surface area (Å²) in [5, 5.41) is 5.05. The molecular weight excluding hydrogens is 399 g/mol. The van der Waals surface area contributed by atoms with E-state index in [2.05, 4.69) is 19.2 Å². The van der Waals surface area contributed by atoms with Gasteiger partial charge in [0, 0.05) is 24.9 Å². The molecule has 1 amide bonds. The predicted octanol–water partition coefficient (Wildman–Crippen LogP) is 4.19. The molecule has 0 fully saturated rings. The SMILES string of the molecule is CC(C)CC(NC(=O)CCCN(C)S(=O)(=O)c1ccc(F)cc1)c1cccs1. The fraction of sp³-hybridized carbons (Fsp3) is 0.450. The Kier molecular flexibility index (Phi) is 8.15. The fourth-order valence-electron chi connectivity index (χ4n) is 2.84. The average molecular weight is 427 g/mol. The molecule has 0 spiro atoms. The van der Waals surface area contributed by atoms with Crippen molar-refractivity contribution >= 4 is 27.3 Å². The van der Waals surface area contributed by atoms with Gasteiger partial charge in [0.15, 0.2) is 0 Å². The van der Waals surface area contributed by atoms with Crippen molar-refractivity contribution in [3.8, 4) is 0 Å². The molecule has 0 aliphatic heterocycles. The summed E-state index contributed by atoms with van der Waals surface area (Å²) >= 11 is 1.62. The van der Waals surface area contributed by atoms with Crippen molar-refractivity contribution in [2.75, 3.05) is 13.6 Å². The van der Waals surface area contributed by atoms with Gasteiger partial charge < -0.3 is 5.32 Å². The van der Waals surface area contributed by atoms with E-state index in [0.29, 0.717) is 12.3 Å². The second-order valence-corrected chi connectivity index (χ2v) is 10.2. The van der Waals surface area contributed by atoms with Gasteiger partial charge in [-0.2, -0.15) is 0 Å². The third-order valence-electron chi connectivity index (χ3n) is 4.33. The molecule has 8 heteroatoms. The third-order valence-corrected chi connectivity index (χ3v) is 7.18. The van der Waals surface area contributed by atoms with Gasteiger partial charge in [-0.25, -0.2) is 17.1 Å². The van der Waals surface area contributed by atoms with Crippen LogP contribution in [-0.4, -0.2) is 32.2 Å². The summed E-state index contributed by atoms with van der Waals surface area (Å²) in [5.41, 5.74) is 0. The second-order valence-electron chi connectivity index (χ2n) is 7.15. The van der Waals surface area contributed by atoms with Crippen LogP contribution in [0, 0.1) is 11.7 Å². The van der Waals surface area contributed by atoms with Crippen LogP contribution >= 0.6 is 11.3 Å². The lowest BCUT2D eigenvalue weighted by molar-refractivity contribution is -0.122. The number of carbonyl (C=O) groups excluding carboxylic acids is 1. The lowest BCUT2D eigenvalue weighted by Crippen LogP contribution is -2.31. The molecule has 0 saturated carbocycles. The van der Waals surface area contributed by atoms with Crippen molar-refractivity contribution in [1.29, 1.82) is 0 Å². The number of nitrogens with one attached hydrogen (secondary N) is 1. The number of benzene rings is 1.